The second-order valence-corrected chi connectivity index (χ2v) is 2.44. The molecule has 0 bridgehead atoms. The largest absolute Gasteiger partial charge is 0.465 e. The molecule has 0 aliphatic heterocycles. The van der Waals surface area contributed by atoms with Gasteiger partial charge in [0.2, 0.25) is 5.91 Å². The molecular formula is C9H9NO3. The molecule has 0 unspecified atom stereocenters. The minimum atomic E-state index is -0.564. The monoisotopic (exact) mass is 179 g/mol. The normalized spacial score (nSPS) is 9.31. The van der Waals surface area contributed by atoms with Gasteiger partial charge in [-0.25, -0.2) is 4.79 Å². The number of benzene rings is 1. The van der Waals surface area contributed by atoms with Gasteiger partial charge in [0.05, 0.1) is 12.7 Å². The lowest BCUT2D eigenvalue weighted by Crippen LogP contribution is -2.12. The number of amides is 1. The Morgan fingerprint density at radius 3 is 2.46 bits per heavy atom. The number of esters is 1. The summed E-state index contributed by atoms with van der Waals surface area (Å²) in [6.45, 7) is 0. The zero-order valence-electron chi connectivity index (χ0n) is 7.11. The van der Waals surface area contributed by atoms with E-state index in [1.54, 1.807) is 12.1 Å². The lowest BCUT2D eigenvalue weighted by atomic mass is 10.1. The average molecular weight is 179 g/mol. The summed E-state index contributed by atoms with van der Waals surface area (Å²) < 4.78 is 4.48. The Morgan fingerprint density at radius 2 is 1.92 bits per heavy atom. The van der Waals surface area contributed by atoms with Crippen LogP contribution < -0.4 is 5.73 Å². The van der Waals surface area contributed by atoms with E-state index >= 15 is 0 Å². The minimum absolute atomic E-state index is 0.294. The van der Waals surface area contributed by atoms with E-state index in [2.05, 4.69) is 4.74 Å². The number of hydrogen-bond acceptors (Lipinski definition) is 3. The first-order valence-corrected chi connectivity index (χ1v) is 3.63. The molecule has 0 radical (unpaired) electrons. The maximum Gasteiger partial charge on any atom is 0.337 e. The first-order valence-electron chi connectivity index (χ1n) is 3.63. The maximum absolute atomic E-state index is 11.0. The lowest BCUT2D eigenvalue weighted by Gasteiger charge is -1.99. The third-order valence-corrected chi connectivity index (χ3v) is 1.57. The van der Waals surface area contributed by atoms with Gasteiger partial charge in [0, 0.05) is 5.56 Å². The SMILES string of the molecule is COC(=O)c1cccc(C(N)=O)c1. The molecule has 0 saturated carbocycles. The van der Waals surface area contributed by atoms with Crippen molar-refractivity contribution in [2.45, 2.75) is 0 Å². The first-order chi connectivity index (χ1) is 6.15. The van der Waals surface area contributed by atoms with Crippen molar-refractivity contribution in [2.75, 3.05) is 7.11 Å². The Balaban J connectivity index is 3.05. The fraction of sp³-hybridized carbons (Fsp3) is 0.111. The van der Waals surface area contributed by atoms with E-state index in [0.29, 0.717) is 11.1 Å². The molecule has 0 fully saturated rings. The third kappa shape index (κ3) is 2.05. The smallest absolute Gasteiger partial charge is 0.337 e. The predicted molar refractivity (Wildman–Crippen MR) is 46.3 cm³/mol. The van der Waals surface area contributed by atoms with Crippen LogP contribution in [0.15, 0.2) is 24.3 Å². The van der Waals surface area contributed by atoms with Crippen LogP contribution >= 0.6 is 0 Å². The summed E-state index contributed by atoms with van der Waals surface area (Å²) in [5.74, 6) is -1.05. The first kappa shape index (κ1) is 9.25. The molecule has 68 valence electrons. The van der Waals surface area contributed by atoms with Crippen molar-refractivity contribution >= 4 is 11.9 Å². The standard InChI is InChI=1S/C9H9NO3/c1-13-9(12)7-4-2-3-6(5-7)8(10)11/h2-5H,1H3,(H2,10,11). The van der Waals surface area contributed by atoms with Crippen molar-refractivity contribution < 1.29 is 14.3 Å². The van der Waals surface area contributed by atoms with Crippen molar-refractivity contribution in [3.63, 3.8) is 0 Å². The molecular weight excluding hydrogens is 170 g/mol. The number of carbonyl (C=O) groups is 2. The Hall–Kier alpha value is -1.84. The van der Waals surface area contributed by atoms with Crippen molar-refractivity contribution in [3.05, 3.63) is 35.4 Å². The van der Waals surface area contributed by atoms with Gasteiger partial charge in [-0.1, -0.05) is 6.07 Å². The van der Waals surface area contributed by atoms with E-state index in [4.69, 9.17) is 5.73 Å². The number of hydrogen-bond donors (Lipinski definition) is 1. The fourth-order valence-electron chi connectivity index (χ4n) is 0.917. The molecule has 2 N–H and O–H groups in total. The van der Waals surface area contributed by atoms with Crippen LogP contribution in [0, 0.1) is 0 Å². The van der Waals surface area contributed by atoms with Gasteiger partial charge < -0.3 is 10.5 Å². The van der Waals surface area contributed by atoms with Crippen LogP contribution in [0.5, 0.6) is 0 Å². The van der Waals surface area contributed by atoms with Gasteiger partial charge in [0.15, 0.2) is 0 Å². The molecule has 4 nitrogen and oxygen atoms in total. The van der Waals surface area contributed by atoms with Gasteiger partial charge in [-0.2, -0.15) is 0 Å². The summed E-state index contributed by atoms with van der Waals surface area (Å²) in [5.41, 5.74) is 5.65. The predicted octanol–water partition coefficient (Wildman–Crippen LogP) is 0.572. The molecule has 1 rings (SSSR count). The molecule has 0 atom stereocenters. The Bertz CT molecular complexity index is 346. The number of ether oxygens (including phenoxy) is 1. The van der Waals surface area contributed by atoms with Gasteiger partial charge in [-0.05, 0) is 18.2 Å². The fourth-order valence-corrected chi connectivity index (χ4v) is 0.917. The summed E-state index contributed by atoms with van der Waals surface area (Å²) >= 11 is 0. The van der Waals surface area contributed by atoms with Gasteiger partial charge in [-0.3, -0.25) is 4.79 Å². The van der Waals surface area contributed by atoms with Crippen LogP contribution in [0.3, 0.4) is 0 Å². The second kappa shape index (κ2) is 3.71. The zero-order chi connectivity index (χ0) is 9.84. The Kier molecular flexibility index (Phi) is 2.64. The maximum atomic E-state index is 11.0. The molecule has 1 amide bonds. The number of primary amides is 1. The van der Waals surface area contributed by atoms with Crippen molar-refractivity contribution in [1.82, 2.24) is 0 Å². The topological polar surface area (TPSA) is 69.4 Å². The summed E-state index contributed by atoms with van der Waals surface area (Å²) in [4.78, 5) is 21.7. The molecule has 0 aliphatic rings. The molecule has 0 spiro atoms. The second-order valence-electron chi connectivity index (χ2n) is 2.44. The highest BCUT2D eigenvalue weighted by atomic mass is 16.5. The van der Waals surface area contributed by atoms with Gasteiger partial charge >= 0.3 is 5.97 Å². The molecule has 13 heavy (non-hydrogen) atoms. The molecule has 0 saturated heterocycles. The van der Waals surface area contributed by atoms with E-state index in [0.717, 1.165) is 0 Å². The van der Waals surface area contributed by atoms with Gasteiger partial charge in [0.25, 0.3) is 0 Å². The van der Waals surface area contributed by atoms with E-state index < -0.39 is 11.9 Å². The molecule has 1 aromatic rings. The number of methoxy groups -OCH3 is 1. The third-order valence-electron chi connectivity index (χ3n) is 1.57. The van der Waals surface area contributed by atoms with E-state index in [1.165, 1.54) is 19.2 Å². The van der Waals surface area contributed by atoms with Gasteiger partial charge in [-0.15, -0.1) is 0 Å². The molecule has 0 aromatic heterocycles. The van der Waals surface area contributed by atoms with Crippen LogP contribution in [0.1, 0.15) is 20.7 Å². The molecule has 0 heterocycles. The van der Waals surface area contributed by atoms with E-state index in [1.807, 2.05) is 0 Å². The van der Waals surface area contributed by atoms with Crippen LogP contribution in [0.25, 0.3) is 0 Å². The van der Waals surface area contributed by atoms with Crippen LogP contribution in [0.4, 0.5) is 0 Å². The van der Waals surface area contributed by atoms with Crippen LogP contribution in [-0.2, 0) is 4.74 Å². The molecule has 0 aliphatic carbocycles. The van der Waals surface area contributed by atoms with E-state index in [-0.39, 0.29) is 0 Å². The molecule has 4 heteroatoms. The highest BCUT2D eigenvalue weighted by molar-refractivity contribution is 5.96. The quantitative estimate of drug-likeness (QED) is 0.675. The zero-order valence-corrected chi connectivity index (χ0v) is 7.11. The lowest BCUT2D eigenvalue weighted by molar-refractivity contribution is 0.0600. The number of nitrogens with two attached hydrogens (primary N) is 1. The number of carbonyl (C=O) groups excluding carboxylic acids is 2. The summed E-state index contributed by atoms with van der Waals surface area (Å²) in [6, 6.07) is 6.06. The highest BCUT2D eigenvalue weighted by Gasteiger charge is 2.07. The Labute approximate surface area is 75.3 Å². The van der Waals surface area contributed by atoms with Crippen molar-refractivity contribution in [2.24, 2.45) is 5.73 Å². The Morgan fingerprint density at radius 1 is 1.31 bits per heavy atom. The number of rotatable bonds is 2. The molecule has 1 aromatic carbocycles. The van der Waals surface area contributed by atoms with E-state index in [9.17, 15) is 9.59 Å². The van der Waals surface area contributed by atoms with Crippen molar-refractivity contribution in [1.29, 1.82) is 0 Å². The minimum Gasteiger partial charge on any atom is -0.465 e. The van der Waals surface area contributed by atoms with Crippen LogP contribution in [0.2, 0.25) is 0 Å². The average Bonchev–Trinajstić information content (AvgIpc) is 2.17. The summed E-state index contributed by atoms with van der Waals surface area (Å²) in [7, 11) is 1.28. The van der Waals surface area contributed by atoms with Crippen molar-refractivity contribution in [3.8, 4) is 0 Å². The summed E-state index contributed by atoms with van der Waals surface area (Å²) in [6.07, 6.45) is 0. The van der Waals surface area contributed by atoms with Gasteiger partial charge in [0.1, 0.15) is 0 Å². The highest BCUT2D eigenvalue weighted by Crippen LogP contribution is 2.05. The summed E-state index contributed by atoms with van der Waals surface area (Å²) in [5, 5.41) is 0. The van der Waals surface area contributed by atoms with Crippen LogP contribution in [-0.4, -0.2) is 19.0 Å².